The Kier molecular flexibility index (Phi) is 11.8. The normalized spacial score (nSPS) is 11.0. The molecule has 4 nitrogen and oxygen atoms in total. The van der Waals surface area contributed by atoms with Crippen molar-refractivity contribution in [1.29, 1.82) is 0 Å². The van der Waals surface area contributed by atoms with Crippen LogP contribution in [-0.2, 0) is 6.54 Å². The molecule has 0 saturated carbocycles. The molecule has 1 rings (SSSR count). The van der Waals surface area contributed by atoms with Crippen LogP contribution in [0.5, 0.6) is 5.75 Å². The molecule has 0 aromatic heterocycles. The fraction of sp³-hybridized carbons (Fsp3) is 0.533. The first-order valence-electron chi connectivity index (χ1n) is 7.10. The lowest BCUT2D eigenvalue weighted by molar-refractivity contribution is 0.0818. The smallest absolute Gasteiger partial charge is 0.272 e. The first-order valence-corrected chi connectivity index (χ1v) is 7.10. The lowest BCUT2D eigenvalue weighted by Gasteiger charge is -2.12. The highest BCUT2D eigenvalue weighted by Gasteiger charge is 2.04. The lowest BCUT2D eigenvalue weighted by atomic mass is 10.2. The molecule has 1 aromatic rings. The highest BCUT2D eigenvalue weighted by molar-refractivity contribution is 14.0. The fourth-order valence-electron chi connectivity index (χ4n) is 1.69. The van der Waals surface area contributed by atoms with Gasteiger partial charge in [0, 0.05) is 20.1 Å². The molecule has 0 unspecified atom stereocenters. The molecule has 22 heavy (non-hydrogen) atoms. The quantitative estimate of drug-likeness (QED) is 0.289. The molecular weight excluding hydrogens is 403 g/mol. The summed E-state index contributed by atoms with van der Waals surface area (Å²) in [6.07, 6.45) is -0.265. The summed E-state index contributed by atoms with van der Waals surface area (Å²) in [7, 11) is 1.71. The second-order valence-electron chi connectivity index (χ2n) is 4.56. The van der Waals surface area contributed by atoms with Gasteiger partial charge < -0.3 is 15.4 Å². The fourth-order valence-corrected chi connectivity index (χ4v) is 1.69. The summed E-state index contributed by atoms with van der Waals surface area (Å²) >= 11 is 0. The molecule has 126 valence electrons. The van der Waals surface area contributed by atoms with Gasteiger partial charge in [0.1, 0.15) is 12.4 Å². The van der Waals surface area contributed by atoms with E-state index in [-0.39, 0.29) is 24.0 Å². The summed E-state index contributed by atoms with van der Waals surface area (Å²) < 4.78 is 29.2. The second kappa shape index (κ2) is 12.4. The summed E-state index contributed by atoms with van der Waals surface area (Å²) in [6, 6.07) is 7.10. The Hall–Kier alpha value is -1.12. The van der Waals surface area contributed by atoms with Crippen LogP contribution in [-0.4, -0.2) is 32.6 Å². The van der Waals surface area contributed by atoms with Gasteiger partial charge in [0.05, 0.1) is 0 Å². The third-order valence-electron chi connectivity index (χ3n) is 2.78. The van der Waals surface area contributed by atoms with Gasteiger partial charge in [-0.3, -0.25) is 4.99 Å². The number of guanidine groups is 1. The van der Waals surface area contributed by atoms with Crippen molar-refractivity contribution in [3.05, 3.63) is 29.8 Å². The first-order chi connectivity index (χ1) is 10.2. The average Bonchev–Trinajstić information content (AvgIpc) is 2.49. The average molecular weight is 427 g/mol. The maximum atomic E-state index is 12.1. The molecule has 0 atom stereocenters. The third-order valence-corrected chi connectivity index (χ3v) is 2.78. The Labute approximate surface area is 147 Å². The number of hydrogen-bond acceptors (Lipinski definition) is 2. The molecule has 2 N–H and O–H groups in total. The highest BCUT2D eigenvalue weighted by atomic mass is 127. The van der Waals surface area contributed by atoms with Gasteiger partial charge >= 0.3 is 0 Å². The predicted molar refractivity (Wildman–Crippen MR) is 96.5 cm³/mol. The van der Waals surface area contributed by atoms with Gasteiger partial charge in [-0.15, -0.1) is 24.0 Å². The monoisotopic (exact) mass is 427 g/mol. The van der Waals surface area contributed by atoms with Crippen LogP contribution in [0.4, 0.5) is 8.78 Å². The van der Waals surface area contributed by atoms with E-state index in [0.717, 1.165) is 30.9 Å². The van der Waals surface area contributed by atoms with E-state index in [1.54, 1.807) is 25.2 Å². The number of rotatable bonds is 8. The van der Waals surface area contributed by atoms with E-state index in [1.165, 1.54) is 0 Å². The van der Waals surface area contributed by atoms with Gasteiger partial charge in [-0.05, 0) is 24.1 Å². The van der Waals surface area contributed by atoms with E-state index in [1.807, 2.05) is 6.07 Å². The highest BCUT2D eigenvalue weighted by Crippen LogP contribution is 2.14. The molecule has 0 heterocycles. The molecule has 0 saturated heterocycles. The van der Waals surface area contributed by atoms with Gasteiger partial charge in [-0.2, -0.15) is 0 Å². The standard InChI is InChI=1S/C15H23F2N3O.HI/c1-3-4-8-19-15(18-2)20-10-12-6-5-7-13(9-12)21-11-14(16)17;/h5-7,9,14H,3-4,8,10-11H2,1-2H3,(H2,18,19,20);1H. The molecule has 1 aromatic carbocycles. The summed E-state index contributed by atoms with van der Waals surface area (Å²) in [5.41, 5.74) is 0.945. The molecule has 0 aliphatic heterocycles. The van der Waals surface area contributed by atoms with Crippen LogP contribution in [0.3, 0.4) is 0 Å². The molecule has 0 bridgehead atoms. The number of unbranched alkanes of at least 4 members (excludes halogenated alkanes) is 1. The largest absolute Gasteiger partial charge is 0.488 e. The third kappa shape index (κ3) is 9.01. The Balaban J connectivity index is 0.00000441. The maximum absolute atomic E-state index is 12.1. The second-order valence-corrected chi connectivity index (χ2v) is 4.56. The zero-order valence-corrected chi connectivity index (χ0v) is 15.3. The number of nitrogens with zero attached hydrogens (tertiary/aromatic N) is 1. The van der Waals surface area contributed by atoms with Crippen LogP contribution in [0.2, 0.25) is 0 Å². The summed E-state index contributed by atoms with van der Waals surface area (Å²) in [5.74, 6) is 1.17. The van der Waals surface area contributed by atoms with Gasteiger partial charge in [0.25, 0.3) is 6.43 Å². The van der Waals surface area contributed by atoms with Crippen molar-refractivity contribution in [1.82, 2.24) is 10.6 Å². The topological polar surface area (TPSA) is 45.7 Å². The minimum atomic E-state index is -2.46. The predicted octanol–water partition coefficient (Wildman–Crippen LogP) is 3.41. The molecule has 0 aliphatic rings. The Morgan fingerprint density at radius 2 is 2.09 bits per heavy atom. The number of aliphatic imine (C=N–C) groups is 1. The molecule has 0 aliphatic carbocycles. The molecule has 7 heteroatoms. The van der Waals surface area contributed by atoms with Crippen LogP contribution in [0.25, 0.3) is 0 Å². The van der Waals surface area contributed by atoms with Crippen molar-refractivity contribution in [3.63, 3.8) is 0 Å². The summed E-state index contributed by atoms with van der Waals surface area (Å²) in [4.78, 5) is 4.12. The Morgan fingerprint density at radius 3 is 2.73 bits per heavy atom. The molecular formula is C15H24F2IN3O. The summed E-state index contributed by atoms with van der Waals surface area (Å²) in [5, 5.41) is 6.38. The number of halogens is 3. The van der Waals surface area contributed by atoms with Gasteiger partial charge in [0.15, 0.2) is 5.96 Å². The van der Waals surface area contributed by atoms with Crippen molar-refractivity contribution in [2.45, 2.75) is 32.7 Å². The van der Waals surface area contributed by atoms with Gasteiger partial charge in [0.2, 0.25) is 0 Å². The molecule has 0 amide bonds. The number of hydrogen-bond donors (Lipinski definition) is 2. The number of benzene rings is 1. The number of nitrogens with one attached hydrogen (secondary N) is 2. The van der Waals surface area contributed by atoms with Gasteiger partial charge in [-0.25, -0.2) is 8.78 Å². The summed E-state index contributed by atoms with van der Waals surface area (Å²) in [6.45, 7) is 2.96. The van der Waals surface area contributed by atoms with Crippen molar-refractivity contribution in [3.8, 4) is 5.75 Å². The van der Waals surface area contributed by atoms with E-state index in [2.05, 4.69) is 22.5 Å². The SMILES string of the molecule is CCCCNC(=NC)NCc1cccc(OCC(F)F)c1.I. The lowest BCUT2D eigenvalue weighted by Crippen LogP contribution is -2.37. The molecule has 0 spiro atoms. The van der Waals surface area contributed by atoms with Crippen LogP contribution < -0.4 is 15.4 Å². The van der Waals surface area contributed by atoms with Crippen molar-refractivity contribution >= 4 is 29.9 Å². The van der Waals surface area contributed by atoms with E-state index in [0.29, 0.717) is 12.3 Å². The molecule has 0 fully saturated rings. The van der Waals surface area contributed by atoms with Gasteiger partial charge in [-0.1, -0.05) is 25.5 Å². The van der Waals surface area contributed by atoms with Crippen LogP contribution >= 0.6 is 24.0 Å². The van der Waals surface area contributed by atoms with Crippen LogP contribution in [0.15, 0.2) is 29.3 Å². The number of alkyl halides is 2. The van der Waals surface area contributed by atoms with Crippen LogP contribution in [0.1, 0.15) is 25.3 Å². The first kappa shape index (κ1) is 20.9. The van der Waals surface area contributed by atoms with Crippen LogP contribution in [0, 0.1) is 0 Å². The number of ether oxygens (including phenoxy) is 1. The zero-order valence-electron chi connectivity index (χ0n) is 12.9. The van der Waals surface area contributed by atoms with E-state index in [9.17, 15) is 8.78 Å². The van der Waals surface area contributed by atoms with E-state index in [4.69, 9.17) is 4.74 Å². The maximum Gasteiger partial charge on any atom is 0.272 e. The van der Waals surface area contributed by atoms with Crippen molar-refractivity contribution in [2.24, 2.45) is 4.99 Å². The van der Waals surface area contributed by atoms with E-state index >= 15 is 0 Å². The van der Waals surface area contributed by atoms with Crippen molar-refractivity contribution in [2.75, 3.05) is 20.2 Å². The minimum absolute atomic E-state index is 0. The Bertz CT molecular complexity index is 445. The van der Waals surface area contributed by atoms with E-state index < -0.39 is 13.0 Å². The minimum Gasteiger partial charge on any atom is -0.488 e. The van der Waals surface area contributed by atoms with Crippen molar-refractivity contribution < 1.29 is 13.5 Å². The zero-order chi connectivity index (χ0) is 15.5. The Morgan fingerprint density at radius 1 is 1.32 bits per heavy atom. The molecule has 0 radical (unpaired) electrons.